The Morgan fingerprint density at radius 3 is 1.35 bits per heavy atom. The lowest BCUT2D eigenvalue weighted by atomic mass is 10.1. The van der Waals surface area contributed by atoms with Crippen LogP contribution in [-0.4, -0.2) is 47.3 Å². The number of nitrogens with one attached hydrogen (secondary N) is 4. The summed E-state index contributed by atoms with van der Waals surface area (Å²) in [6.07, 6.45) is 0. The molecule has 0 fully saturated rings. The average molecular weight is 992 g/mol. The highest BCUT2D eigenvalue weighted by Crippen LogP contribution is 2.33. The van der Waals surface area contributed by atoms with Gasteiger partial charge in [-0.1, -0.05) is 69.6 Å². The molecule has 3 atom stereocenters. The summed E-state index contributed by atoms with van der Waals surface area (Å²) >= 11 is 43.4. The Morgan fingerprint density at radius 2 is 0.921 bits per heavy atom. The first-order chi connectivity index (χ1) is 29.8. The van der Waals surface area contributed by atoms with Crippen molar-refractivity contribution in [2.24, 2.45) is 20.5 Å². The van der Waals surface area contributed by atoms with Crippen LogP contribution in [0.2, 0.25) is 30.1 Å². The molecule has 4 amide bonds. The summed E-state index contributed by atoms with van der Waals surface area (Å²) in [6, 6.07) is 18.4. The van der Waals surface area contributed by atoms with Crippen LogP contribution in [0.15, 0.2) is 111 Å². The van der Waals surface area contributed by atoms with Crippen molar-refractivity contribution in [1.29, 1.82) is 0 Å². The van der Waals surface area contributed by atoms with E-state index >= 15 is 0 Å². The largest absolute Gasteiger partial charge is 0.324 e. The van der Waals surface area contributed by atoms with E-state index in [0.29, 0.717) is 15.6 Å². The lowest BCUT2D eigenvalue weighted by Gasteiger charge is -2.17. The molecule has 5 aromatic carbocycles. The van der Waals surface area contributed by atoms with Gasteiger partial charge in [-0.05, 0) is 117 Å². The molecular formula is C42H31Cl7N8O6. The fraction of sp³-hybridized carbons (Fsp3) is 0.143. The van der Waals surface area contributed by atoms with Crippen LogP contribution in [-0.2, 0) is 19.2 Å². The number of hydrogen-bond donors (Lipinski definition) is 4. The number of halogens is 7. The van der Waals surface area contributed by atoms with Gasteiger partial charge in [-0.3, -0.25) is 28.8 Å². The third-order valence-corrected chi connectivity index (χ3v) is 10.6. The first-order valence-corrected chi connectivity index (χ1v) is 20.9. The molecule has 0 bridgehead atoms. The fourth-order valence-electron chi connectivity index (χ4n) is 5.45. The molecule has 5 rings (SSSR count). The Labute approximate surface area is 394 Å². The number of benzene rings is 5. The van der Waals surface area contributed by atoms with Crippen LogP contribution in [0.3, 0.4) is 0 Å². The molecule has 0 saturated carbocycles. The minimum atomic E-state index is -1.63. The summed E-state index contributed by atoms with van der Waals surface area (Å²) in [7, 11) is 0. The minimum Gasteiger partial charge on any atom is -0.324 e. The number of carbonyl (C=O) groups excluding carboxylic acids is 6. The van der Waals surface area contributed by atoms with Gasteiger partial charge >= 0.3 is 0 Å². The zero-order valence-electron chi connectivity index (χ0n) is 32.8. The number of anilines is 4. The molecule has 0 aliphatic heterocycles. The van der Waals surface area contributed by atoms with E-state index in [1.165, 1.54) is 78.9 Å². The second-order valence-corrected chi connectivity index (χ2v) is 16.5. The minimum absolute atomic E-state index is 0.000544. The Bertz CT molecular complexity index is 2710. The highest BCUT2D eigenvalue weighted by molar-refractivity contribution is 6.38. The highest BCUT2D eigenvalue weighted by atomic mass is 35.5. The molecule has 0 aliphatic carbocycles. The monoisotopic (exact) mass is 988 g/mol. The third-order valence-electron chi connectivity index (χ3n) is 8.59. The topological polar surface area (TPSA) is 200 Å². The number of nitrogens with zero attached hydrogens (tertiary/aromatic N) is 4. The van der Waals surface area contributed by atoms with Gasteiger partial charge in [0.15, 0.2) is 11.6 Å². The van der Waals surface area contributed by atoms with Crippen molar-refractivity contribution < 1.29 is 28.8 Å². The molecule has 5 aromatic rings. The van der Waals surface area contributed by atoms with E-state index in [0.717, 1.165) is 13.8 Å². The van der Waals surface area contributed by atoms with Crippen LogP contribution in [0.5, 0.6) is 0 Å². The van der Waals surface area contributed by atoms with Crippen molar-refractivity contribution in [3.63, 3.8) is 0 Å². The Kier molecular flexibility index (Phi) is 16.8. The van der Waals surface area contributed by atoms with Gasteiger partial charge in [0.1, 0.15) is 0 Å². The first kappa shape index (κ1) is 48.6. The molecule has 0 spiro atoms. The van der Waals surface area contributed by atoms with Gasteiger partial charge in [0, 0.05) is 21.4 Å². The molecular weight excluding hydrogens is 961 g/mol. The maximum atomic E-state index is 13.4. The standard InChI is InChI=1S/C42H31Cl7N8O6/c1-19(43)27-16-24(50-41(62)37(20(2)58)56-54-25-6-11-30(46)28(17-25)39(60)52-35-14-22(44)4-9-32(35)48)8-13-34(27)51-42(63)38(21(3)59)57-55-26-7-12-31(47)29(18-26)40(61)53-36-15-23(45)5-10-33(36)49/h4-19,37-38H,1-3H3,(H,50,62)(H,51,63)(H,52,60)(H,53,61). The quantitative estimate of drug-likeness (QED) is 0.0457. The molecule has 0 saturated heterocycles. The number of carbonyl (C=O) groups is 6. The predicted molar refractivity (Wildman–Crippen MR) is 248 cm³/mol. The second-order valence-electron chi connectivity index (χ2n) is 13.3. The molecule has 21 heteroatoms. The normalized spacial score (nSPS) is 12.7. The van der Waals surface area contributed by atoms with E-state index in [9.17, 15) is 28.8 Å². The van der Waals surface area contributed by atoms with Gasteiger partial charge in [0.25, 0.3) is 23.6 Å². The molecule has 4 N–H and O–H groups in total. The van der Waals surface area contributed by atoms with Crippen LogP contribution >= 0.6 is 81.2 Å². The Hall–Kier alpha value is -5.45. The molecule has 0 heterocycles. The third kappa shape index (κ3) is 13.1. The van der Waals surface area contributed by atoms with Gasteiger partial charge in [-0.25, -0.2) is 0 Å². The van der Waals surface area contributed by atoms with Gasteiger partial charge in [0.2, 0.25) is 12.1 Å². The van der Waals surface area contributed by atoms with Crippen LogP contribution in [0.1, 0.15) is 52.4 Å². The smallest absolute Gasteiger partial charge is 0.258 e. The van der Waals surface area contributed by atoms with Crippen LogP contribution < -0.4 is 21.3 Å². The molecule has 324 valence electrons. The molecule has 63 heavy (non-hydrogen) atoms. The second kappa shape index (κ2) is 21.8. The van der Waals surface area contributed by atoms with E-state index < -0.39 is 52.7 Å². The Balaban J connectivity index is 1.28. The van der Waals surface area contributed by atoms with E-state index in [1.807, 2.05) is 0 Å². The molecule has 0 radical (unpaired) electrons. The van der Waals surface area contributed by atoms with Crippen LogP contribution in [0.25, 0.3) is 0 Å². The summed E-state index contributed by atoms with van der Waals surface area (Å²) in [5.74, 6) is -4.30. The van der Waals surface area contributed by atoms with Crippen molar-refractivity contribution in [3.8, 4) is 0 Å². The Morgan fingerprint density at radius 1 is 0.492 bits per heavy atom. The number of ketones is 2. The van der Waals surface area contributed by atoms with E-state index in [1.54, 1.807) is 19.1 Å². The molecule has 0 aliphatic rings. The molecule has 0 aromatic heterocycles. The number of Topliss-reactive ketones (excluding diaryl/α,β-unsaturated/α-hetero) is 2. The van der Waals surface area contributed by atoms with Crippen molar-refractivity contribution in [2.75, 3.05) is 21.3 Å². The number of azo groups is 2. The summed E-state index contributed by atoms with van der Waals surface area (Å²) in [5.41, 5.74) is 1.35. The van der Waals surface area contributed by atoms with Gasteiger partial charge in [0.05, 0.1) is 59.3 Å². The molecule has 3 unspecified atom stereocenters. The fourth-order valence-corrected chi connectivity index (χ4v) is 6.71. The van der Waals surface area contributed by atoms with Crippen molar-refractivity contribution in [1.82, 2.24) is 0 Å². The number of hydrogen-bond acceptors (Lipinski definition) is 10. The highest BCUT2D eigenvalue weighted by Gasteiger charge is 2.27. The van der Waals surface area contributed by atoms with Gasteiger partial charge < -0.3 is 21.3 Å². The van der Waals surface area contributed by atoms with E-state index in [4.69, 9.17) is 81.2 Å². The van der Waals surface area contributed by atoms with Crippen molar-refractivity contribution >= 4 is 151 Å². The number of alkyl halides is 1. The maximum absolute atomic E-state index is 13.4. The number of rotatable bonds is 15. The van der Waals surface area contributed by atoms with Crippen LogP contribution in [0.4, 0.5) is 34.1 Å². The van der Waals surface area contributed by atoms with Gasteiger partial charge in [-0.2, -0.15) is 20.5 Å². The lowest BCUT2D eigenvalue weighted by molar-refractivity contribution is -0.127. The lowest BCUT2D eigenvalue weighted by Crippen LogP contribution is -2.32. The van der Waals surface area contributed by atoms with Crippen molar-refractivity contribution in [3.05, 3.63) is 138 Å². The summed E-state index contributed by atoms with van der Waals surface area (Å²) in [4.78, 5) is 78.1. The SMILES string of the molecule is CC(=O)C(N=Nc1ccc(Cl)c(C(=O)Nc2cc(Cl)ccc2Cl)c1)C(=O)Nc1ccc(NC(=O)C(N=Nc2ccc(Cl)c(C(=O)Nc3cc(Cl)ccc3Cl)c2)C(C)=O)c(C(C)Cl)c1. The zero-order valence-corrected chi connectivity index (χ0v) is 38.1. The summed E-state index contributed by atoms with van der Waals surface area (Å²) < 4.78 is 0. The number of amides is 4. The van der Waals surface area contributed by atoms with E-state index in [2.05, 4.69) is 41.7 Å². The summed E-state index contributed by atoms with van der Waals surface area (Å²) in [6.45, 7) is 3.90. The van der Waals surface area contributed by atoms with Crippen LogP contribution in [0, 0.1) is 0 Å². The van der Waals surface area contributed by atoms with Gasteiger partial charge in [-0.15, -0.1) is 11.6 Å². The molecule has 14 nitrogen and oxygen atoms in total. The zero-order chi connectivity index (χ0) is 46.1. The summed E-state index contributed by atoms with van der Waals surface area (Å²) in [5, 5.41) is 26.9. The van der Waals surface area contributed by atoms with E-state index in [-0.39, 0.29) is 65.3 Å². The maximum Gasteiger partial charge on any atom is 0.258 e. The first-order valence-electron chi connectivity index (χ1n) is 18.2. The average Bonchev–Trinajstić information content (AvgIpc) is 3.22. The van der Waals surface area contributed by atoms with Crippen molar-refractivity contribution in [2.45, 2.75) is 38.2 Å². The predicted octanol–water partition coefficient (Wildman–Crippen LogP) is 12.8.